The standard InChI is InChI=1S/C19H15ClN2O/c20-17-9-3-5-14(11-17)13-21-22-19(23)12-16-8-4-7-15-6-1-2-10-18(15)16/h1-11,13H,12H2,(H,22,23)/b21-13+. The molecule has 23 heavy (non-hydrogen) atoms. The first-order valence-electron chi connectivity index (χ1n) is 7.26. The molecule has 4 heteroatoms. The lowest BCUT2D eigenvalue weighted by Gasteiger charge is -2.05. The zero-order valence-corrected chi connectivity index (χ0v) is 13.1. The summed E-state index contributed by atoms with van der Waals surface area (Å²) in [7, 11) is 0. The predicted molar refractivity (Wildman–Crippen MR) is 94.8 cm³/mol. The molecule has 0 saturated heterocycles. The molecule has 0 radical (unpaired) electrons. The molecule has 0 aromatic heterocycles. The summed E-state index contributed by atoms with van der Waals surface area (Å²) in [5.74, 6) is -0.153. The summed E-state index contributed by atoms with van der Waals surface area (Å²) >= 11 is 5.90. The molecule has 0 saturated carbocycles. The number of amides is 1. The van der Waals surface area contributed by atoms with Crippen LogP contribution in [0.5, 0.6) is 0 Å². The molecule has 0 atom stereocenters. The van der Waals surface area contributed by atoms with Crippen molar-refractivity contribution in [2.24, 2.45) is 5.10 Å². The molecular formula is C19H15ClN2O. The summed E-state index contributed by atoms with van der Waals surface area (Å²) in [4.78, 5) is 12.1. The van der Waals surface area contributed by atoms with Crippen LogP contribution < -0.4 is 5.43 Å². The van der Waals surface area contributed by atoms with Crippen LogP contribution in [0.25, 0.3) is 10.8 Å². The van der Waals surface area contributed by atoms with E-state index in [2.05, 4.69) is 10.5 Å². The first-order chi connectivity index (χ1) is 11.2. The Morgan fingerprint density at radius 2 is 1.83 bits per heavy atom. The van der Waals surface area contributed by atoms with Gasteiger partial charge in [-0.25, -0.2) is 5.43 Å². The molecule has 3 nitrogen and oxygen atoms in total. The van der Waals surface area contributed by atoms with Crippen molar-refractivity contribution in [1.82, 2.24) is 5.43 Å². The van der Waals surface area contributed by atoms with E-state index in [0.717, 1.165) is 21.9 Å². The van der Waals surface area contributed by atoms with Gasteiger partial charge in [-0.05, 0) is 34.0 Å². The second kappa shape index (κ2) is 7.07. The number of fused-ring (bicyclic) bond motifs is 1. The van der Waals surface area contributed by atoms with Crippen LogP contribution in [-0.2, 0) is 11.2 Å². The SMILES string of the molecule is O=C(Cc1cccc2ccccc12)N/N=C/c1cccc(Cl)c1. The van der Waals surface area contributed by atoms with Gasteiger partial charge in [0, 0.05) is 5.02 Å². The molecule has 0 unspecified atom stereocenters. The third-order valence-electron chi connectivity index (χ3n) is 3.48. The van der Waals surface area contributed by atoms with Crippen molar-refractivity contribution in [2.45, 2.75) is 6.42 Å². The number of halogens is 1. The van der Waals surface area contributed by atoms with Gasteiger partial charge in [-0.15, -0.1) is 0 Å². The van der Waals surface area contributed by atoms with Gasteiger partial charge in [-0.3, -0.25) is 4.79 Å². The number of nitrogens with zero attached hydrogens (tertiary/aromatic N) is 1. The number of carbonyl (C=O) groups is 1. The lowest BCUT2D eigenvalue weighted by Crippen LogP contribution is -2.19. The Morgan fingerprint density at radius 1 is 1.04 bits per heavy atom. The average molecular weight is 323 g/mol. The van der Waals surface area contributed by atoms with Gasteiger partial charge in [0.15, 0.2) is 0 Å². The Hall–Kier alpha value is -2.65. The van der Waals surface area contributed by atoms with Crippen LogP contribution in [0.3, 0.4) is 0 Å². The normalized spacial score (nSPS) is 11.0. The van der Waals surface area contributed by atoms with Gasteiger partial charge >= 0.3 is 0 Å². The van der Waals surface area contributed by atoms with E-state index in [9.17, 15) is 4.79 Å². The third-order valence-corrected chi connectivity index (χ3v) is 3.72. The molecule has 0 aliphatic rings. The Bertz CT molecular complexity index is 869. The number of benzene rings is 3. The molecular weight excluding hydrogens is 308 g/mol. The van der Waals surface area contributed by atoms with Crippen LogP contribution in [0.1, 0.15) is 11.1 Å². The summed E-state index contributed by atoms with van der Waals surface area (Å²) in [6.07, 6.45) is 1.86. The summed E-state index contributed by atoms with van der Waals surface area (Å²) in [5.41, 5.74) is 4.37. The minimum atomic E-state index is -0.153. The van der Waals surface area contributed by atoms with Gasteiger partial charge in [0.1, 0.15) is 0 Å². The van der Waals surface area contributed by atoms with E-state index in [1.807, 2.05) is 54.6 Å². The van der Waals surface area contributed by atoms with Gasteiger partial charge in [0.25, 0.3) is 0 Å². The summed E-state index contributed by atoms with van der Waals surface area (Å²) < 4.78 is 0. The maximum absolute atomic E-state index is 12.1. The van der Waals surface area contributed by atoms with E-state index in [1.54, 1.807) is 18.3 Å². The topological polar surface area (TPSA) is 41.5 Å². The fourth-order valence-electron chi connectivity index (χ4n) is 2.42. The minimum Gasteiger partial charge on any atom is -0.273 e. The number of rotatable bonds is 4. The Labute approximate surface area is 139 Å². The highest BCUT2D eigenvalue weighted by Gasteiger charge is 2.05. The number of carbonyl (C=O) groups excluding carboxylic acids is 1. The van der Waals surface area contributed by atoms with Crippen molar-refractivity contribution in [1.29, 1.82) is 0 Å². The highest BCUT2D eigenvalue weighted by molar-refractivity contribution is 6.30. The molecule has 0 heterocycles. The van der Waals surface area contributed by atoms with E-state index in [0.29, 0.717) is 5.02 Å². The van der Waals surface area contributed by atoms with Crippen molar-refractivity contribution < 1.29 is 4.79 Å². The molecule has 3 aromatic rings. The van der Waals surface area contributed by atoms with Crippen LogP contribution in [0, 0.1) is 0 Å². The summed E-state index contributed by atoms with van der Waals surface area (Å²) in [5, 5.41) is 6.82. The molecule has 1 amide bonds. The first kappa shape index (κ1) is 15.3. The van der Waals surface area contributed by atoms with Gasteiger partial charge in [0.2, 0.25) is 5.91 Å². The lowest BCUT2D eigenvalue weighted by atomic mass is 10.0. The number of hydrogen-bond acceptors (Lipinski definition) is 2. The van der Waals surface area contributed by atoms with Crippen molar-refractivity contribution >= 4 is 34.5 Å². The largest absolute Gasteiger partial charge is 0.273 e. The van der Waals surface area contributed by atoms with Crippen LogP contribution in [0.4, 0.5) is 0 Å². The second-order valence-electron chi connectivity index (χ2n) is 5.16. The highest BCUT2D eigenvalue weighted by atomic mass is 35.5. The number of hydrogen-bond donors (Lipinski definition) is 1. The quantitative estimate of drug-likeness (QED) is 0.568. The number of hydrazone groups is 1. The van der Waals surface area contributed by atoms with Crippen molar-refractivity contribution in [3.8, 4) is 0 Å². The monoisotopic (exact) mass is 322 g/mol. The molecule has 0 spiro atoms. The van der Waals surface area contributed by atoms with Crippen LogP contribution in [0.15, 0.2) is 71.8 Å². The van der Waals surface area contributed by atoms with E-state index in [4.69, 9.17) is 11.6 Å². The number of nitrogens with one attached hydrogen (secondary N) is 1. The van der Waals surface area contributed by atoms with Gasteiger partial charge in [-0.1, -0.05) is 66.2 Å². The Morgan fingerprint density at radius 3 is 2.70 bits per heavy atom. The van der Waals surface area contributed by atoms with Gasteiger partial charge in [-0.2, -0.15) is 5.10 Å². The second-order valence-corrected chi connectivity index (χ2v) is 5.60. The molecule has 0 aliphatic carbocycles. The fraction of sp³-hybridized carbons (Fsp3) is 0.0526. The minimum absolute atomic E-state index is 0.153. The van der Waals surface area contributed by atoms with E-state index in [1.165, 1.54) is 0 Å². The first-order valence-corrected chi connectivity index (χ1v) is 7.64. The molecule has 3 rings (SSSR count). The maximum atomic E-state index is 12.1. The molecule has 1 N–H and O–H groups in total. The molecule has 0 aliphatic heterocycles. The van der Waals surface area contributed by atoms with Crippen LogP contribution in [-0.4, -0.2) is 12.1 Å². The maximum Gasteiger partial charge on any atom is 0.244 e. The third kappa shape index (κ3) is 3.96. The predicted octanol–water partition coefficient (Wildman–Crippen LogP) is 4.19. The molecule has 0 bridgehead atoms. The van der Waals surface area contributed by atoms with Crippen molar-refractivity contribution in [3.63, 3.8) is 0 Å². The smallest absolute Gasteiger partial charge is 0.244 e. The van der Waals surface area contributed by atoms with Gasteiger partial charge in [0.05, 0.1) is 12.6 Å². The molecule has 3 aromatic carbocycles. The Balaban J connectivity index is 1.67. The molecule has 114 valence electrons. The summed E-state index contributed by atoms with van der Waals surface area (Å²) in [6.45, 7) is 0. The zero-order chi connectivity index (χ0) is 16.1. The highest BCUT2D eigenvalue weighted by Crippen LogP contribution is 2.18. The molecule has 0 fully saturated rings. The zero-order valence-electron chi connectivity index (χ0n) is 12.4. The van der Waals surface area contributed by atoms with Crippen molar-refractivity contribution in [3.05, 3.63) is 82.9 Å². The van der Waals surface area contributed by atoms with Crippen LogP contribution >= 0.6 is 11.6 Å². The lowest BCUT2D eigenvalue weighted by molar-refractivity contribution is -0.120. The Kier molecular flexibility index (Phi) is 4.69. The average Bonchev–Trinajstić information content (AvgIpc) is 2.55. The van der Waals surface area contributed by atoms with E-state index in [-0.39, 0.29) is 12.3 Å². The van der Waals surface area contributed by atoms with E-state index >= 15 is 0 Å². The van der Waals surface area contributed by atoms with Crippen LogP contribution in [0.2, 0.25) is 5.02 Å². The van der Waals surface area contributed by atoms with Gasteiger partial charge < -0.3 is 0 Å². The summed E-state index contributed by atoms with van der Waals surface area (Å²) in [6, 6.07) is 21.2. The van der Waals surface area contributed by atoms with E-state index < -0.39 is 0 Å². The van der Waals surface area contributed by atoms with Crippen molar-refractivity contribution in [2.75, 3.05) is 0 Å². The fourth-order valence-corrected chi connectivity index (χ4v) is 2.62.